The number of aromatic nitrogens is 3. The third-order valence-electron chi connectivity index (χ3n) is 6.95. The monoisotopic (exact) mass is 538 g/mol. The number of alkyl halides is 2. The van der Waals surface area contributed by atoms with Crippen molar-refractivity contribution in [1.82, 2.24) is 14.5 Å². The fourth-order valence-electron chi connectivity index (χ4n) is 4.76. The summed E-state index contributed by atoms with van der Waals surface area (Å²) in [6.45, 7) is 5.75. The van der Waals surface area contributed by atoms with Gasteiger partial charge >= 0.3 is 0 Å². The Balaban J connectivity index is 0.00000186. The van der Waals surface area contributed by atoms with Gasteiger partial charge in [-0.25, -0.2) is 23.1 Å². The normalized spacial score (nSPS) is 21.6. The molecule has 37 heavy (non-hydrogen) atoms. The van der Waals surface area contributed by atoms with Gasteiger partial charge in [-0.2, -0.15) is 0 Å². The van der Waals surface area contributed by atoms with Gasteiger partial charge in [0.15, 0.2) is 0 Å². The van der Waals surface area contributed by atoms with Crippen LogP contribution in [0.15, 0.2) is 35.4 Å². The van der Waals surface area contributed by atoms with Gasteiger partial charge in [-0.05, 0) is 25.6 Å². The molecule has 3 heterocycles. The number of anilines is 1. The number of rotatable bonds is 6. The molecule has 0 amide bonds. The first kappa shape index (κ1) is 28.9. The highest BCUT2D eigenvalue weighted by molar-refractivity contribution is 7.63. The van der Waals surface area contributed by atoms with Crippen molar-refractivity contribution in [2.45, 2.75) is 45.3 Å². The molecule has 2 aromatic heterocycles. The molecular formula is C26H34F3N4O3P. The van der Waals surface area contributed by atoms with E-state index in [1.54, 1.807) is 38.8 Å². The molecule has 4 rings (SSSR count). The summed E-state index contributed by atoms with van der Waals surface area (Å²) in [4.78, 5) is 23.6. The molecule has 1 saturated heterocycles. The Bertz CT molecular complexity index is 1370. The summed E-state index contributed by atoms with van der Waals surface area (Å²) in [5, 5.41) is 0.541. The lowest BCUT2D eigenvalue weighted by Crippen LogP contribution is -2.40. The van der Waals surface area contributed by atoms with Crippen LogP contribution in [-0.2, 0) is 28.5 Å². The van der Waals surface area contributed by atoms with Gasteiger partial charge in [0.05, 0.1) is 29.3 Å². The van der Waals surface area contributed by atoms with Crippen molar-refractivity contribution in [2.24, 2.45) is 7.05 Å². The smallest absolute Gasteiger partial charge is 0.266 e. The van der Waals surface area contributed by atoms with Crippen LogP contribution in [0.3, 0.4) is 0 Å². The lowest BCUT2D eigenvalue weighted by Gasteiger charge is -2.38. The second kappa shape index (κ2) is 11.4. The largest absolute Gasteiger partial charge is 0.373 e. The van der Waals surface area contributed by atoms with E-state index in [0.29, 0.717) is 47.6 Å². The van der Waals surface area contributed by atoms with E-state index in [-0.39, 0.29) is 17.7 Å². The summed E-state index contributed by atoms with van der Waals surface area (Å²) >= 11 is 0. The van der Waals surface area contributed by atoms with Gasteiger partial charge in [0.25, 0.3) is 12.0 Å². The van der Waals surface area contributed by atoms with Crippen molar-refractivity contribution < 1.29 is 22.5 Å². The van der Waals surface area contributed by atoms with Crippen LogP contribution in [0.4, 0.5) is 19.0 Å². The number of aryl methyl sites for hydroxylation is 1. The minimum Gasteiger partial charge on any atom is -0.373 e. The molecule has 11 heteroatoms. The minimum absolute atomic E-state index is 0.0227. The van der Waals surface area contributed by atoms with E-state index < -0.39 is 30.5 Å². The highest BCUT2D eigenvalue weighted by atomic mass is 31.2. The number of benzene rings is 1. The van der Waals surface area contributed by atoms with Crippen LogP contribution < -0.4 is 10.5 Å². The van der Waals surface area contributed by atoms with Gasteiger partial charge < -0.3 is 14.2 Å². The van der Waals surface area contributed by atoms with Crippen molar-refractivity contribution in [1.29, 1.82) is 0 Å². The Morgan fingerprint density at radius 3 is 2.46 bits per heavy atom. The number of pyridine rings is 1. The number of methoxy groups -OCH3 is 1. The van der Waals surface area contributed by atoms with Crippen LogP contribution in [0.2, 0.25) is 0 Å². The average Bonchev–Trinajstić information content (AvgIpc) is 2.88. The summed E-state index contributed by atoms with van der Waals surface area (Å²) in [5.74, 6) is -0.540. The molecule has 0 N–H and O–H groups in total. The SMILES string of the molecule is CC.COC1(c2cc3c(N(C)Cc4cccc(C(F)F)c4F)ncnc3n(C)c2=O)CCP(C)(=O)CC1. The van der Waals surface area contributed by atoms with Crippen molar-refractivity contribution >= 4 is 24.0 Å². The van der Waals surface area contributed by atoms with Crippen LogP contribution in [0.25, 0.3) is 11.0 Å². The third kappa shape index (κ3) is 5.60. The molecule has 0 saturated carbocycles. The minimum atomic E-state index is -2.92. The number of nitrogens with zero attached hydrogens (tertiary/aromatic N) is 4. The van der Waals surface area contributed by atoms with E-state index in [4.69, 9.17) is 4.74 Å². The lowest BCUT2D eigenvalue weighted by molar-refractivity contribution is -0.0247. The molecule has 0 radical (unpaired) electrons. The molecule has 7 nitrogen and oxygen atoms in total. The van der Waals surface area contributed by atoms with Crippen LogP contribution in [0.1, 0.15) is 49.8 Å². The Morgan fingerprint density at radius 2 is 1.86 bits per heavy atom. The second-order valence-corrected chi connectivity index (χ2v) is 12.8. The van der Waals surface area contributed by atoms with Gasteiger partial charge in [-0.3, -0.25) is 9.36 Å². The summed E-state index contributed by atoms with van der Waals surface area (Å²) in [5.41, 5.74) is -0.918. The number of hydrogen-bond acceptors (Lipinski definition) is 6. The summed E-state index contributed by atoms with van der Waals surface area (Å²) in [6, 6.07) is 5.61. The summed E-state index contributed by atoms with van der Waals surface area (Å²) in [7, 11) is 2.55. The molecule has 1 aromatic carbocycles. The summed E-state index contributed by atoms with van der Waals surface area (Å²) in [6.07, 6.45) is 0.223. The molecule has 0 atom stereocenters. The highest BCUT2D eigenvalue weighted by Gasteiger charge is 2.42. The lowest BCUT2D eigenvalue weighted by atomic mass is 9.88. The van der Waals surface area contributed by atoms with Crippen LogP contribution in [0, 0.1) is 5.82 Å². The molecule has 202 valence electrons. The Kier molecular flexibility index (Phi) is 8.85. The maximum atomic E-state index is 14.7. The first-order valence-corrected chi connectivity index (χ1v) is 14.7. The van der Waals surface area contributed by atoms with E-state index in [1.807, 2.05) is 13.8 Å². The van der Waals surface area contributed by atoms with Gasteiger partial charge in [0.2, 0.25) is 0 Å². The van der Waals surface area contributed by atoms with Gasteiger partial charge in [-0.1, -0.05) is 32.0 Å². The zero-order valence-corrected chi connectivity index (χ0v) is 23.0. The Morgan fingerprint density at radius 1 is 1.22 bits per heavy atom. The molecule has 0 aliphatic carbocycles. The van der Waals surface area contributed by atoms with Crippen molar-refractivity contribution in [3.63, 3.8) is 0 Å². The van der Waals surface area contributed by atoms with E-state index >= 15 is 0 Å². The van der Waals surface area contributed by atoms with E-state index in [9.17, 15) is 22.5 Å². The highest BCUT2D eigenvalue weighted by Crippen LogP contribution is 2.53. The molecule has 1 aliphatic rings. The topological polar surface area (TPSA) is 77.3 Å². The van der Waals surface area contributed by atoms with Crippen molar-refractivity contribution in [2.75, 3.05) is 38.0 Å². The molecule has 1 aliphatic heterocycles. The van der Waals surface area contributed by atoms with E-state index in [1.165, 1.54) is 23.0 Å². The second-order valence-electron chi connectivity index (χ2n) is 9.28. The maximum absolute atomic E-state index is 14.7. The molecule has 0 unspecified atom stereocenters. The van der Waals surface area contributed by atoms with Crippen molar-refractivity contribution in [3.05, 3.63) is 63.5 Å². The summed E-state index contributed by atoms with van der Waals surface area (Å²) < 4.78 is 60.9. The Hall–Kier alpha value is -2.71. The average molecular weight is 539 g/mol. The standard InChI is InChI=1S/C24H28F3N4O3P.C2H6/c1-30(13-15-6-5-7-16(19(15)25)20(26)27)21-17-12-18(23(32)31(2)22(17)29-14-28-21)24(34-3)8-10-35(4,33)11-9-24;1-2/h5-7,12,14,20H,8-11,13H2,1-4H3;1-2H3. The third-order valence-corrected chi connectivity index (χ3v) is 9.29. The van der Waals surface area contributed by atoms with Gasteiger partial charge in [0, 0.05) is 45.6 Å². The number of fused-ring (bicyclic) bond motifs is 1. The predicted molar refractivity (Wildman–Crippen MR) is 141 cm³/mol. The fourth-order valence-corrected chi connectivity index (χ4v) is 6.65. The number of ether oxygens (including phenoxy) is 1. The molecular weight excluding hydrogens is 504 g/mol. The molecule has 0 bridgehead atoms. The number of hydrogen-bond donors (Lipinski definition) is 0. The van der Waals surface area contributed by atoms with Crippen molar-refractivity contribution in [3.8, 4) is 0 Å². The first-order valence-electron chi connectivity index (χ1n) is 12.2. The van der Waals surface area contributed by atoms with Crippen LogP contribution >= 0.6 is 7.14 Å². The van der Waals surface area contributed by atoms with Gasteiger partial charge in [-0.15, -0.1) is 0 Å². The maximum Gasteiger partial charge on any atom is 0.266 e. The van der Waals surface area contributed by atoms with Crippen LogP contribution in [-0.4, -0.2) is 47.7 Å². The van der Waals surface area contributed by atoms with Gasteiger partial charge in [0.1, 0.15) is 23.6 Å². The Labute approximate surface area is 215 Å². The molecule has 1 fully saturated rings. The predicted octanol–water partition coefficient (Wildman–Crippen LogP) is 5.70. The molecule has 0 spiro atoms. The zero-order valence-electron chi connectivity index (χ0n) is 22.1. The van der Waals surface area contributed by atoms with E-state index in [0.717, 1.165) is 6.07 Å². The first-order chi connectivity index (χ1) is 17.5. The van der Waals surface area contributed by atoms with E-state index in [2.05, 4.69) is 9.97 Å². The fraction of sp³-hybridized carbons (Fsp3) is 0.500. The van der Waals surface area contributed by atoms with Crippen LogP contribution in [0.5, 0.6) is 0 Å². The number of halogens is 3. The quantitative estimate of drug-likeness (QED) is 0.375. The zero-order chi connectivity index (χ0) is 27.5. The molecule has 3 aromatic rings.